The molecule has 1 aliphatic rings. The number of aliphatic carboxylic acids is 1. The molecule has 19 heavy (non-hydrogen) atoms. The van der Waals surface area contributed by atoms with Crippen LogP contribution in [0.4, 0.5) is 0 Å². The van der Waals surface area contributed by atoms with E-state index in [1.165, 1.54) is 0 Å². The summed E-state index contributed by atoms with van der Waals surface area (Å²) in [6.07, 6.45) is 0.795. The minimum absolute atomic E-state index is 0.00664. The summed E-state index contributed by atoms with van der Waals surface area (Å²) in [5, 5.41) is 9.50. The van der Waals surface area contributed by atoms with Crippen molar-refractivity contribution in [3.05, 3.63) is 0 Å². The molecule has 4 nitrogen and oxygen atoms in total. The van der Waals surface area contributed by atoms with Crippen molar-refractivity contribution in [2.75, 3.05) is 6.61 Å². The summed E-state index contributed by atoms with van der Waals surface area (Å²) in [5.41, 5.74) is -0.409. The molecule has 0 aliphatic carbocycles. The van der Waals surface area contributed by atoms with Gasteiger partial charge in [0.1, 0.15) is 0 Å². The first-order valence-corrected chi connectivity index (χ1v) is 6.83. The topological polar surface area (TPSA) is 63.6 Å². The number of esters is 1. The SMILES string of the molecule is CC(C)(C)CC1COC(=O)C1C(C(=O)O)C(C)(C)C. The summed E-state index contributed by atoms with van der Waals surface area (Å²) in [6.45, 7) is 12.2. The molecule has 1 saturated heterocycles. The van der Waals surface area contributed by atoms with Crippen LogP contribution in [-0.4, -0.2) is 23.7 Å². The highest BCUT2D eigenvalue weighted by Crippen LogP contribution is 2.43. The van der Waals surface area contributed by atoms with Crippen LogP contribution in [0.5, 0.6) is 0 Å². The fraction of sp³-hybridized carbons (Fsp3) is 0.867. The van der Waals surface area contributed by atoms with E-state index < -0.39 is 23.2 Å². The van der Waals surface area contributed by atoms with Crippen LogP contribution in [0.15, 0.2) is 0 Å². The maximum atomic E-state index is 12.0. The molecule has 1 heterocycles. The largest absolute Gasteiger partial charge is 0.481 e. The maximum absolute atomic E-state index is 12.0. The summed E-state index contributed by atoms with van der Waals surface area (Å²) in [4.78, 5) is 23.6. The van der Waals surface area contributed by atoms with E-state index in [4.69, 9.17) is 4.74 Å². The second-order valence-corrected chi connectivity index (χ2v) is 7.86. The van der Waals surface area contributed by atoms with E-state index in [0.717, 1.165) is 6.42 Å². The zero-order chi connectivity index (χ0) is 15.0. The highest BCUT2D eigenvalue weighted by Gasteiger charge is 2.50. The van der Waals surface area contributed by atoms with Crippen molar-refractivity contribution in [1.82, 2.24) is 0 Å². The van der Waals surface area contributed by atoms with Gasteiger partial charge in [0, 0.05) is 5.92 Å². The van der Waals surface area contributed by atoms with Crippen molar-refractivity contribution in [3.63, 3.8) is 0 Å². The van der Waals surface area contributed by atoms with Crippen LogP contribution >= 0.6 is 0 Å². The predicted octanol–water partition coefficient (Wildman–Crippen LogP) is 2.96. The maximum Gasteiger partial charge on any atom is 0.310 e. The lowest BCUT2D eigenvalue weighted by Gasteiger charge is -2.34. The van der Waals surface area contributed by atoms with Crippen molar-refractivity contribution in [1.29, 1.82) is 0 Å². The number of hydrogen-bond acceptors (Lipinski definition) is 3. The van der Waals surface area contributed by atoms with E-state index in [0.29, 0.717) is 6.61 Å². The standard InChI is InChI=1S/C15H26O4/c1-14(2,3)7-9-8-19-13(18)10(9)11(12(16)17)15(4,5)6/h9-11H,7-8H2,1-6H3,(H,16,17). The first kappa shape index (κ1) is 16.0. The highest BCUT2D eigenvalue weighted by atomic mass is 16.5. The minimum Gasteiger partial charge on any atom is -0.481 e. The third kappa shape index (κ3) is 3.95. The molecule has 4 heteroatoms. The van der Waals surface area contributed by atoms with Crippen LogP contribution in [0.1, 0.15) is 48.0 Å². The normalized spacial score (nSPS) is 26.1. The van der Waals surface area contributed by atoms with Gasteiger partial charge in [-0.1, -0.05) is 41.5 Å². The second-order valence-electron chi connectivity index (χ2n) is 7.86. The van der Waals surface area contributed by atoms with Crippen molar-refractivity contribution in [2.45, 2.75) is 48.0 Å². The quantitative estimate of drug-likeness (QED) is 0.801. The van der Waals surface area contributed by atoms with E-state index in [1.807, 2.05) is 20.8 Å². The van der Waals surface area contributed by atoms with Gasteiger partial charge < -0.3 is 9.84 Å². The van der Waals surface area contributed by atoms with Crippen LogP contribution in [0.3, 0.4) is 0 Å². The van der Waals surface area contributed by atoms with Gasteiger partial charge in [-0.2, -0.15) is 0 Å². The Labute approximate surface area is 115 Å². The van der Waals surface area contributed by atoms with Gasteiger partial charge in [0.15, 0.2) is 0 Å². The summed E-state index contributed by atoms with van der Waals surface area (Å²) < 4.78 is 5.15. The number of ether oxygens (including phenoxy) is 1. The van der Waals surface area contributed by atoms with Crippen molar-refractivity contribution >= 4 is 11.9 Å². The van der Waals surface area contributed by atoms with E-state index >= 15 is 0 Å². The molecule has 0 bridgehead atoms. The first-order valence-electron chi connectivity index (χ1n) is 6.83. The number of rotatable bonds is 3. The molecule has 0 spiro atoms. The molecule has 1 N–H and O–H groups in total. The van der Waals surface area contributed by atoms with Crippen LogP contribution in [0.2, 0.25) is 0 Å². The highest BCUT2D eigenvalue weighted by molar-refractivity contribution is 5.83. The summed E-state index contributed by atoms with van der Waals surface area (Å²) in [6, 6.07) is 0. The lowest BCUT2D eigenvalue weighted by Crippen LogP contribution is -2.40. The molecule has 110 valence electrons. The van der Waals surface area contributed by atoms with Gasteiger partial charge in [0.05, 0.1) is 18.4 Å². The Morgan fingerprint density at radius 3 is 2.21 bits per heavy atom. The van der Waals surface area contributed by atoms with Gasteiger partial charge in [-0.05, 0) is 17.3 Å². The van der Waals surface area contributed by atoms with E-state index in [1.54, 1.807) is 0 Å². The van der Waals surface area contributed by atoms with Crippen molar-refractivity contribution < 1.29 is 19.4 Å². The Morgan fingerprint density at radius 2 is 1.84 bits per heavy atom. The van der Waals surface area contributed by atoms with Gasteiger partial charge in [0.25, 0.3) is 0 Å². The summed E-state index contributed by atoms with van der Waals surface area (Å²) >= 11 is 0. The molecule has 1 rings (SSSR count). The molecule has 3 unspecified atom stereocenters. The van der Waals surface area contributed by atoms with Gasteiger partial charge in [-0.15, -0.1) is 0 Å². The average Bonchev–Trinajstić information content (AvgIpc) is 2.44. The molecule has 0 aromatic carbocycles. The predicted molar refractivity (Wildman–Crippen MR) is 72.6 cm³/mol. The van der Waals surface area contributed by atoms with Gasteiger partial charge >= 0.3 is 11.9 Å². The van der Waals surface area contributed by atoms with E-state index in [-0.39, 0.29) is 17.3 Å². The fourth-order valence-corrected chi connectivity index (χ4v) is 3.02. The third-order valence-corrected chi connectivity index (χ3v) is 3.65. The van der Waals surface area contributed by atoms with E-state index in [2.05, 4.69) is 20.8 Å². The fourth-order valence-electron chi connectivity index (χ4n) is 3.02. The number of carbonyl (C=O) groups is 2. The smallest absolute Gasteiger partial charge is 0.310 e. The molecule has 0 radical (unpaired) electrons. The van der Waals surface area contributed by atoms with Crippen LogP contribution in [0.25, 0.3) is 0 Å². The van der Waals surface area contributed by atoms with Crippen LogP contribution in [-0.2, 0) is 14.3 Å². The van der Waals surface area contributed by atoms with Crippen LogP contribution in [0, 0.1) is 28.6 Å². The third-order valence-electron chi connectivity index (χ3n) is 3.65. The Balaban J connectivity index is 3.04. The second kappa shape index (κ2) is 5.14. The zero-order valence-corrected chi connectivity index (χ0v) is 12.8. The van der Waals surface area contributed by atoms with E-state index in [9.17, 15) is 14.7 Å². The number of carboxylic acids is 1. The van der Waals surface area contributed by atoms with Crippen molar-refractivity contribution in [3.8, 4) is 0 Å². The lowest BCUT2D eigenvalue weighted by atomic mass is 9.67. The lowest BCUT2D eigenvalue weighted by molar-refractivity contribution is -0.156. The Hall–Kier alpha value is -1.06. The molecule has 0 saturated carbocycles. The Kier molecular flexibility index (Phi) is 4.33. The number of cyclic esters (lactones) is 1. The minimum atomic E-state index is -0.907. The average molecular weight is 270 g/mol. The molecular weight excluding hydrogens is 244 g/mol. The Bertz CT molecular complexity index is 359. The molecule has 1 aliphatic heterocycles. The number of hydrogen-bond donors (Lipinski definition) is 1. The number of carbonyl (C=O) groups excluding carboxylic acids is 1. The molecular formula is C15H26O4. The van der Waals surface area contributed by atoms with Gasteiger partial charge in [-0.25, -0.2) is 0 Å². The summed E-state index contributed by atoms with van der Waals surface area (Å²) in [7, 11) is 0. The molecule has 0 amide bonds. The van der Waals surface area contributed by atoms with Gasteiger partial charge in [-0.3, -0.25) is 9.59 Å². The van der Waals surface area contributed by atoms with Gasteiger partial charge in [0.2, 0.25) is 0 Å². The molecule has 3 atom stereocenters. The number of carboxylic acid groups (broad SMARTS) is 1. The first-order chi connectivity index (χ1) is 8.43. The summed E-state index contributed by atoms with van der Waals surface area (Å²) in [5.74, 6) is -2.49. The zero-order valence-electron chi connectivity index (χ0n) is 12.8. The molecule has 0 aromatic heterocycles. The monoisotopic (exact) mass is 270 g/mol. The van der Waals surface area contributed by atoms with Crippen LogP contribution < -0.4 is 0 Å². The van der Waals surface area contributed by atoms with Crippen molar-refractivity contribution in [2.24, 2.45) is 28.6 Å². The molecule has 0 aromatic rings. The Morgan fingerprint density at radius 1 is 1.32 bits per heavy atom. The molecule has 1 fully saturated rings.